The number of rotatable bonds is 10. The van der Waals surface area contributed by atoms with Gasteiger partial charge in [0.25, 0.3) is 0 Å². The number of anilines is 2. The van der Waals surface area contributed by atoms with Crippen molar-refractivity contribution >= 4 is 56.7 Å². The van der Waals surface area contributed by atoms with Crippen LogP contribution >= 0.6 is 27.5 Å². The molecule has 1 atom stereocenters. The normalized spacial score (nSPS) is 11.7. The Hall–Kier alpha value is -3.10. The van der Waals surface area contributed by atoms with E-state index >= 15 is 0 Å². The molecule has 0 bridgehead atoms. The SMILES string of the molecule is C=CCN(CC=C)c1ccc(Cl)cc1NC(=O)C(=O)NC(Cc1ccc(Br)cc1)C(=O)OC(C)(C)C. The first-order chi connectivity index (χ1) is 16.9. The molecule has 2 amide bonds. The van der Waals surface area contributed by atoms with Crippen LogP contribution in [-0.2, 0) is 25.5 Å². The predicted molar refractivity (Wildman–Crippen MR) is 148 cm³/mol. The molecule has 0 aliphatic carbocycles. The van der Waals surface area contributed by atoms with Crippen molar-refractivity contribution in [2.45, 2.75) is 38.8 Å². The molecule has 0 aliphatic rings. The number of carbonyl (C=O) groups excluding carboxylic acids is 3. The Morgan fingerprint density at radius 3 is 2.22 bits per heavy atom. The van der Waals surface area contributed by atoms with Crippen LogP contribution in [0.5, 0.6) is 0 Å². The van der Waals surface area contributed by atoms with Gasteiger partial charge in [-0.15, -0.1) is 13.2 Å². The zero-order chi connectivity index (χ0) is 26.9. The number of hydrogen-bond donors (Lipinski definition) is 2. The summed E-state index contributed by atoms with van der Waals surface area (Å²) in [6.45, 7) is 13.7. The number of hydrogen-bond acceptors (Lipinski definition) is 5. The fraction of sp³-hybridized carbons (Fsp3) is 0.296. The van der Waals surface area contributed by atoms with Gasteiger partial charge in [0, 0.05) is 29.0 Å². The number of nitrogens with one attached hydrogen (secondary N) is 2. The van der Waals surface area contributed by atoms with E-state index in [2.05, 4.69) is 39.7 Å². The van der Waals surface area contributed by atoms with Crippen molar-refractivity contribution in [3.05, 3.63) is 82.8 Å². The second-order valence-corrected chi connectivity index (χ2v) is 10.3. The second kappa shape index (κ2) is 13.3. The van der Waals surface area contributed by atoms with E-state index in [4.69, 9.17) is 16.3 Å². The fourth-order valence-electron chi connectivity index (χ4n) is 3.29. The summed E-state index contributed by atoms with van der Waals surface area (Å²) < 4.78 is 6.35. The van der Waals surface area contributed by atoms with Crippen LogP contribution in [0.15, 0.2) is 72.2 Å². The van der Waals surface area contributed by atoms with Crippen molar-refractivity contribution in [3.8, 4) is 0 Å². The van der Waals surface area contributed by atoms with E-state index < -0.39 is 29.4 Å². The first kappa shape index (κ1) is 29.1. The van der Waals surface area contributed by atoms with Crippen molar-refractivity contribution in [3.63, 3.8) is 0 Å². The summed E-state index contributed by atoms with van der Waals surface area (Å²) in [5.41, 5.74) is 1.00. The lowest BCUT2D eigenvalue weighted by Crippen LogP contribution is -2.49. The number of benzene rings is 2. The Bertz CT molecular complexity index is 1100. The summed E-state index contributed by atoms with van der Waals surface area (Å²) >= 11 is 9.53. The molecule has 9 heteroatoms. The molecule has 7 nitrogen and oxygen atoms in total. The van der Waals surface area contributed by atoms with Gasteiger partial charge in [-0.25, -0.2) is 4.79 Å². The molecule has 2 aromatic rings. The Morgan fingerprint density at radius 1 is 1.06 bits per heavy atom. The van der Waals surface area contributed by atoms with Gasteiger partial charge in [0.2, 0.25) is 0 Å². The van der Waals surface area contributed by atoms with Crippen LogP contribution in [0.2, 0.25) is 5.02 Å². The van der Waals surface area contributed by atoms with E-state index in [1.165, 1.54) is 0 Å². The van der Waals surface area contributed by atoms with Gasteiger partial charge in [-0.2, -0.15) is 0 Å². The molecule has 0 spiro atoms. The fourth-order valence-corrected chi connectivity index (χ4v) is 3.73. The molecular weight excluding hydrogens is 546 g/mol. The lowest BCUT2D eigenvalue weighted by atomic mass is 10.1. The van der Waals surface area contributed by atoms with Gasteiger partial charge < -0.3 is 20.3 Å². The van der Waals surface area contributed by atoms with Crippen molar-refractivity contribution in [1.82, 2.24) is 5.32 Å². The third kappa shape index (κ3) is 9.17. The minimum Gasteiger partial charge on any atom is -0.458 e. The summed E-state index contributed by atoms with van der Waals surface area (Å²) in [5.74, 6) is -2.56. The van der Waals surface area contributed by atoms with Crippen molar-refractivity contribution in [1.29, 1.82) is 0 Å². The van der Waals surface area contributed by atoms with Gasteiger partial charge in [-0.1, -0.05) is 51.8 Å². The highest BCUT2D eigenvalue weighted by atomic mass is 79.9. The minimum absolute atomic E-state index is 0.149. The molecule has 2 aromatic carbocycles. The van der Waals surface area contributed by atoms with Gasteiger partial charge in [-0.05, 0) is 56.7 Å². The molecule has 2 rings (SSSR count). The van der Waals surface area contributed by atoms with E-state index in [0.29, 0.717) is 29.5 Å². The molecule has 0 saturated carbocycles. The zero-order valence-electron chi connectivity index (χ0n) is 20.6. The van der Waals surface area contributed by atoms with E-state index in [0.717, 1.165) is 10.0 Å². The highest BCUT2D eigenvalue weighted by molar-refractivity contribution is 9.10. The molecule has 2 N–H and O–H groups in total. The quantitative estimate of drug-likeness (QED) is 0.228. The largest absolute Gasteiger partial charge is 0.458 e. The monoisotopic (exact) mass is 575 g/mol. The number of esters is 1. The average Bonchev–Trinajstić information content (AvgIpc) is 2.79. The van der Waals surface area contributed by atoms with Crippen LogP contribution in [-0.4, -0.2) is 42.5 Å². The first-order valence-electron chi connectivity index (χ1n) is 11.3. The number of carbonyl (C=O) groups is 3. The van der Waals surface area contributed by atoms with E-state index in [-0.39, 0.29) is 6.42 Å². The van der Waals surface area contributed by atoms with E-state index in [9.17, 15) is 14.4 Å². The van der Waals surface area contributed by atoms with Crippen LogP contribution in [0.4, 0.5) is 11.4 Å². The van der Waals surface area contributed by atoms with Gasteiger partial charge in [0.1, 0.15) is 11.6 Å². The molecule has 0 saturated heterocycles. The summed E-state index contributed by atoms with van der Waals surface area (Å²) in [5, 5.41) is 5.51. The van der Waals surface area contributed by atoms with E-state index in [1.807, 2.05) is 29.2 Å². The molecule has 0 heterocycles. The van der Waals surface area contributed by atoms with Gasteiger partial charge in [0.15, 0.2) is 0 Å². The predicted octanol–water partition coefficient (Wildman–Crippen LogP) is 5.29. The highest BCUT2D eigenvalue weighted by Gasteiger charge is 2.29. The molecule has 0 aliphatic heterocycles. The maximum Gasteiger partial charge on any atom is 0.329 e. The maximum atomic E-state index is 12.9. The van der Waals surface area contributed by atoms with Crippen molar-refractivity contribution in [2.75, 3.05) is 23.3 Å². The number of ether oxygens (including phenoxy) is 1. The second-order valence-electron chi connectivity index (χ2n) is 8.99. The molecule has 0 fully saturated rings. The lowest BCUT2D eigenvalue weighted by molar-refractivity contribution is -0.158. The third-order valence-corrected chi connectivity index (χ3v) is 5.57. The molecule has 0 radical (unpaired) electrons. The minimum atomic E-state index is -1.07. The average molecular weight is 577 g/mol. The number of halogens is 2. The summed E-state index contributed by atoms with van der Waals surface area (Å²) in [7, 11) is 0. The molecule has 192 valence electrons. The number of amides is 2. The van der Waals surface area contributed by atoms with E-state index in [1.54, 1.807) is 51.1 Å². The lowest BCUT2D eigenvalue weighted by Gasteiger charge is -2.26. The van der Waals surface area contributed by atoms with Gasteiger partial charge >= 0.3 is 17.8 Å². The molecular formula is C27H31BrClN3O4. The smallest absolute Gasteiger partial charge is 0.329 e. The maximum absolute atomic E-state index is 12.9. The van der Waals surface area contributed by atoms with Crippen LogP contribution in [0.3, 0.4) is 0 Å². The van der Waals surface area contributed by atoms with Gasteiger partial charge in [0.05, 0.1) is 11.4 Å². The van der Waals surface area contributed by atoms with Crippen LogP contribution in [0.25, 0.3) is 0 Å². The van der Waals surface area contributed by atoms with Crippen molar-refractivity contribution in [2.24, 2.45) is 0 Å². The summed E-state index contributed by atoms with van der Waals surface area (Å²) in [6, 6.07) is 11.2. The topological polar surface area (TPSA) is 87.7 Å². The van der Waals surface area contributed by atoms with Crippen LogP contribution in [0.1, 0.15) is 26.3 Å². The van der Waals surface area contributed by atoms with Gasteiger partial charge in [-0.3, -0.25) is 9.59 Å². The highest BCUT2D eigenvalue weighted by Crippen LogP contribution is 2.29. The Labute approximate surface area is 225 Å². The zero-order valence-corrected chi connectivity index (χ0v) is 23.0. The Morgan fingerprint density at radius 2 is 1.67 bits per heavy atom. The molecule has 0 aromatic heterocycles. The summed E-state index contributed by atoms with van der Waals surface area (Å²) in [6.07, 6.45) is 3.57. The van der Waals surface area contributed by atoms with Crippen LogP contribution < -0.4 is 15.5 Å². The standard InChI is InChI=1S/C27H31BrClN3O4/c1-6-14-32(15-7-2)23-13-12-20(29)17-21(23)30-24(33)25(34)31-22(26(35)36-27(3,4)5)16-18-8-10-19(28)11-9-18/h6-13,17,22H,1-2,14-16H2,3-5H3,(H,30,33)(H,31,34). The Kier molecular flexibility index (Phi) is 10.7. The number of nitrogens with zero attached hydrogens (tertiary/aromatic N) is 1. The van der Waals surface area contributed by atoms with Crippen LogP contribution in [0, 0.1) is 0 Å². The summed E-state index contributed by atoms with van der Waals surface area (Å²) in [4.78, 5) is 40.5. The Balaban J connectivity index is 2.25. The van der Waals surface area contributed by atoms with Crippen molar-refractivity contribution < 1.29 is 19.1 Å². The first-order valence-corrected chi connectivity index (χ1v) is 12.5. The molecule has 1 unspecified atom stereocenters. The molecule has 36 heavy (non-hydrogen) atoms. The third-order valence-electron chi connectivity index (χ3n) is 4.80.